The molecule has 16 heteroatoms. The van der Waals surface area contributed by atoms with Crippen molar-refractivity contribution in [3.05, 3.63) is 0 Å². The Labute approximate surface area is 227 Å². The topological polar surface area (TPSA) is 265 Å². The summed E-state index contributed by atoms with van der Waals surface area (Å²) in [6.45, 7) is -1.56. The van der Waals surface area contributed by atoms with Crippen LogP contribution in [0.4, 0.5) is 0 Å². The third-order valence-electron chi connectivity index (χ3n) is 0.667. The maximum absolute atomic E-state index is 9.13. The average Bonchev–Trinajstić information content (AvgIpc) is 2.40. The molecule has 0 saturated carbocycles. The van der Waals surface area contributed by atoms with E-state index in [0.29, 0.717) is 0 Å². The first-order valence-electron chi connectivity index (χ1n) is 4.68. The Balaban J connectivity index is -0.0000000225. The van der Waals surface area contributed by atoms with Gasteiger partial charge in [0, 0.05) is 26.2 Å². The van der Waals surface area contributed by atoms with Crippen LogP contribution in [0.5, 0.6) is 0 Å². The SMILES string of the molecule is NCC(=O)[O-].NCC(=O)[O-].NCC(=O)[O-].NCC(=O)[O-].[Na+].[Na+].[Na+].[Na+]. The van der Waals surface area contributed by atoms with E-state index in [0.717, 1.165) is 0 Å². The van der Waals surface area contributed by atoms with Crippen LogP contribution in [0, 0.1) is 0 Å². The number of aliphatic carboxylic acids is 4. The molecule has 0 spiro atoms. The van der Waals surface area contributed by atoms with Crippen molar-refractivity contribution in [3.63, 3.8) is 0 Å². The predicted octanol–water partition coefficient (Wildman–Crippen LogP) is -21.2. The summed E-state index contributed by atoms with van der Waals surface area (Å²) in [5, 5.41) is 36.5. The zero-order valence-corrected chi connectivity index (χ0v) is 22.4. The molecule has 120 valence electrons. The quantitative estimate of drug-likeness (QED) is 0.327. The van der Waals surface area contributed by atoms with Gasteiger partial charge in [-0.15, -0.1) is 0 Å². The van der Waals surface area contributed by atoms with Crippen LogP contribution in [-0.4, -0.2) is 50.1 Å². The Hall–Kier alpha value is 1.72. The number of carboxylic acids is 4. The van der Waals surface area contributed by atoms with E-state index >= 15 is 0 Å². The maximum Gasteiger partial charge on any atom is 1.00 e. The molecule has 24 heavy (non-hydrogen) atoms. The molecule has 0 aromatic carbocycles. The number of carbonyl (C=O) groups is 4. The van der Waals surface area contributed by atoms with Crippen molar-refractivity contribution in [2.24, 2.45) is 22.9 Å². The van der Waals surface area contributed by atoms with Gasteiger partial charge in [0.1, 0.15) is 0 Å². The molecule has 0 aromatic rings. The van der Waals surface area contributed by atoms with Crippen LogP contribution in [0.15, 0.2) is 0 Å². The number of hydrogen-bond acceptors (Lipinski definition) is 12. The van der Waals surface area contributed by atoms with Crippen molar-refractivity contribution in [2.45, 2.75) is 0 Å². The third kappa shape index (κ3) is 130. The number of carbonyl (C=O) groups excluding carboxylic acids is 4. The van der Waals surface area contributed by atoms with Crippen molar-refractivity contribution in [1.82, 2.24) is 0 Å². The zero-order chi connectivity index (χ0) is 17.1. The van der Waals surface area contributed by atoms with Crippen molar-refractivity contribution in [1.29, 1.82) is 0 Å². The second-order valence-corrected chi connectivity index (χ2v) is 2.30. The molecular formula is C8H16N4Na4O8. The first kappa shape index (κ1) is 50.1. The van der Waals surface area contributed by atoms with Crippen LogP contribution >= 0.6 is 0 Å². The molecule has 0 aliphatic carbocycles. The average molecular weight is 388 g/mol. The fraction of sp³-hybridized carbons (Fsp3) is 0.500. The predicted molar refractivity (Wildman–Crippen MR) is 56.2 cm³/mol. The van der Waals surface area contributed by atoms with Crippen LogP contribution in [0.3, 0.4) is 0 Å². The fourth-order valence-electron chi connectivity index (χ4n) is 0. The molecule has 0 bridgehead atoms. The minimum absolute atomic E-state index is 0. The molecule has 0 radical (unpaired) electrons. The van der Waals surface area contributed by atoms with Crippen LogP contribution in [0.1, 0.15) is 0 Å². The monoisotopic (exact) mass is 388 g/mol. The fourth-order valence-corrected chi connectivity index (χ4v) is 0. The van der Waals surface area contributed by atoms with Gasteiger partial charge in [0.05, 0.1) is 23.9 Å². The summed E-state index contributed by atoms with van der Waals surface area (Å²) in [5.74, 6) is -4.87. The smallest absolute Gasteiger partial charge is 0.549 e. The van der Waals surface area contributed by atoms with E-state index in [-0.39, 0.29) is 144 Å². The van der Waals surface area contributed by atoms with Gasteiger partial charge in [-0.1, -0.05) is 0 Å². The van der Waals surface area contributed by atoms with Gasteiger partial charge in [0.15, 0.2) is 0 Å². The molecule has 0 amide bonds. The van der Waals surface area contributed by atoms with Gasteiger partial charge in [-0.05, 0) is 0 Å². The van der Waals surface area contributed by atoms with Crippen LogP contribution in [0.25, 0.3) is 0 Å². The van der Waals surface area contributed by atoms with Gasteiger partial charge in [-0.2, -0.15) is 0 Å². The van der Waals surface area contributed by atoms with E-state index in [1.807, 2.05) is 0 Å². The number of carboxylic acid groups (broad SMARTS) is 4. The van der Waals surface area contributed by atoms with Gasteiger partial charge in [-0.25, -0.2) is 0 Å². The zero-order valence-electron chi connectivity index (χ0n) is 14.4. The molecule has 8 N–H and O–H groups in total. The molecular weight excluding hydrogens is 372 g/mol. The van der Waals surface area contributed by atoms with E-state index in [9.17, 15) is 0 Å². The van der Waals surface area contributed by atoms with Gasteiger partial charge in [-0.3, -0.25) is 0 Å². The molecule has 0 aliphatic rings. The van der Waals surface area contributed by atoms with Crippen molar-refractivity contribution >= 4 is 23.9 Å². The molecule has 0 atom stereocenters. The number of hydrogen-bond donors (Lipinski definition) is 4. The molecule has 0 rings (SSSR count). The van der Waals surface area contributed by atoms with Crippen molar-refractivity contribution in [2.75, 3.05) is 26.2 Å². The Morgan fingerprint density at radius 3 is 0.500 bits per heavy atom. The summed E-state index contributed by atoms with van der Waals surface area (Å²) < 4.78 is 0. The molecule has 0 unspecified atom stereocenters. The molecule has 0 saturated heterocycles. The Bertz CT molecular complexity index is 243. The third-order valence-corrected chi connectivity index (χ3v) is 0.667. The molecule has 0 aromatic heterocycles. The second-order valence-electron chi connectivity index (χ2n) is 2.30. The van der Waals surface area contributed by atoms with Gasteiger partial charge < -0.3 is 62.5 Å². The van der Waals surface area contributed by atoms with E-state index in [1.165, 1.54) is 0 Å². The minimum atomic E-state index is -1.22. The first-order chi connectivity index (χ1) is 9.08. The summed E-state index contributed by atoms with van der Waals surface area (Å²) >= 11 is 0. The molecule has 12 nitrogen and oxygen atoms in total. The van der Waals surface area contributed by atoms with Gasteiger partial charge >= 0.3 is 118 Å². The standard InChI is InChI=1S/4C2H5NO2.4Na/c4*3-1-2(4)5;;;;/h4*1,3H2,(H,4,5);;;;/q;;;;4*+1/p-4. The first-order valence-corrected chi connectivity index (χ1v) is 4.68. The van der Waals surface area contributed by atoms with Crippen LogP contribution < -0.4 is 162 Å². The molecule has 0 heterocycles. The Morgan fingerprint density at radius 2 is 0.500 bits per heavy atom. The number of nitrogens with two attached hydrogens (primary N) is 4. The molecule has 0 aliphatic heterocycles. The molecule has 0 fully saturated rings. The summed E-state index contributed by atoms with van der Waals surface area (Å²) in [6.07, 6.45) is 0. The summed E-state index contributed by atoms with van der Waals surface area (Å²) in [4.78, 5) is 36.5. The van der Waals surface area contributed by atoms with Crippen molar-refractivity contribution < 1.29 is 158 Å². The van der Waals surface area contributed by atoms with E-state index in [4.69, 9.17) is 39.6 Å². The van der Waals surface area contributed by atoms with Gasteiger partial charge in [0.2, 0.25) is 0 Å². The summed E-state index contributed by atoms with van der Waals surface area (Å²) in [5.41, 5.74) is 18.0. The summed E-state index contributed by atoms with van der Waals surface area (Å²) in [7, 11) is 0. The van der Waals surface area contributed by atoms with Crippen molar-refractivity contribution in [3.8, 4) is 0 Å². The van der Waals surface area contributed by atoms with E-state index < -0.39 is 23.9 Å². The van der Waals surface area contributed by atoms with E-state index in [1.54, 1.807) is 0 Å². The van der Waals surface area contributed by atoms with Crippen LogP contribution in [0.2, 0.25) is 0 Å². The minimum Gasteiger partial charge on any atom is -0.549 e. The maximum atomic E-state index is 9.13. The number of rotatable bonds is 4. The van der Waals surface area contributed by atoms with E-state index in [2.05, 4.69) is 22.9 Å². The Kier molecular flexibility index (Phi) is 92.4. The van der Waals surface area contributed by atoms with Crippen LogP contribution in [-0.2, 0) is 19.2 Å². The van der Waals surface area contributed by atoms with Gasteiger partial charge in [0.25, 0.3) is 0 Å². The second kappa shape index (κ2) is 44.3. The largest absolute Gasteiger partial charge is 1.00 e. The Morgan fingerprint density at radius 1 is 0.458 bits per heavy atom. The summed E-state index contributed by atoms with van der Waals surface area (Å²) in [6, 6.07) is 0. The normalized spacial score (nSPS) is 6.17.